The summed E-state index contributed by atoms with van der Waals surface area (Å²) in [5.41, 5.74) is 7.66. The minimum Gasteiger partial charge on any atom is -0.476 e. The molecule has 1 aliphatic rings. The van der Waals surface area contributed by atoms with E-state index in [4.69, 9.17) is 10.5 Å². The second-order valence-electron chi connectivity index (χ2n) is 4.56. The third-order valence-corrected chi connectivity index (χ3v) is 3.08. The van der Waals surface area contributed by atoms with Gasteiger partial charge in [-0.25, -0.2) is 4.98 Å². The van der Waals surface area contributed by atoms with Gasteiger partial charge in [0.05, 0.1) is 0 Å². The van der Waals surface area contributed by atoms with E-state index in [2.05, 4.69) is 9.88 Å². The molecule has 0 radical (unpaired) electrons. The lowest BCUT2D eigenvalue weighted by Crippen LogP contribution is -2.25. The molecular formula is C13H21N3O. The molecule has 0 aromatic carbocycles. The highest BCUT2D eigenvalue weighted by molar-refractivity contribution is 5.24. The zero-order valence-corrected chi connectivity index (χ0v) is 10.5. The van der Waals surface area contributed by atoms with Crippen molar-refractivity contribution < 1.29 is 4.74 Å². The number of pyridine rings is 1. The molecule has 0 spiro atoms. The number of aryl methyl sites for hydroxylation is 1. The number of nitrogens with zero attached hydrogens (tertiary/aromatic N) is 2. The highest BCUT2D eigenvalue weighted by atomic mass is 16.5. The van der Waals surface area contributed by atoms with Gasteiger partial charge in [-0.3, -0.25) is 4.90 Å². The van der Waals surface area contributed by atoms with Gasteiger partial charge >= 0.3 is 0 Å². The Morgan fingerprint density at radius 3 is 2.82 bits per heavy atom. The van der Waals surface area contributed by atoms with E-state index in [1.165, 1.54) is 25.9 Å². The summed E-state index contributed by atoms with van der Waals surface area (Å²) in [6, 6.07) is 3.92. The molecule has 2 N–H and O–H groups in total. The first-order valence-corrected chi connectivity index (χ1v) is 6.31. The van der Waals surface area contributed by atoms with E-state index in [1.54, 1.807) is 0 Å². The number of nitrogens with two attached hydrogens (primary N) is 1. The Hall–Kier alpha value is -1.13. The molecule has 4 nitrogen and oxygen atoms in total. The standard InChI is InChI=1S/C13H21N3O/c1-11-8-12(10-14)9-13(15-11)17-7-6-16-4-2-3-5-16/h8-9H,2-7,10,14H2,1H3. The average Bonchev–Trinajstić information content (AvgIpc) is 2.81. The number of aromatic nitrogens is 1. The molecule has 17 heavy (non-hydrogen) atoms. The minimum absolute atomic E-state index is 0.534. The van der Waals surface area contributed by atoms with Crippen LogP contribution in [0.4, 0.5) is 0 Å². The summed E-state index contributed by atoms with van der Waals surface area (Å²) in [6.45, 7) is 6.61. The molecule has 1 aromatic rings. The molecule has 1 saturated heterocycles. The highest BCUT2D eigenvalue weighted by Gasteiger charge is 2.11. The van der Waals surface area contributed by atoms with Gasteiger partial charge in [0.25, 0.3) is 0 Å². The van der Waals surface area contributed by atoms with E-state index < -0.39 is 0 Å². The van der Waals surface area contributed by atoms with E-state index in [0.717, 1.165) is 17.8 Å². The number of ether oxygens (including phenoxy) is 1. The van der Waals surface area contributed by atoms with Gasteiger partial charge in [0.1, 0.15) is 6.61 Å². The Morgan fingerprint density at radius 2 is 2.12 bits per heavy atom. The molecular weight excluding hydrogens is 214 g/mol. The molecule has 1 aliphatic heterocycles. The molecule has 0 aliphatic carbocycles. The second kappa shape index (κ2) is 5.98. The average molecular weight is 235 g/mol. The molecule has 1 fully saturated rings. The van der Waals surface area contributed by atoms with E-state index >= 15 is 0 Å². The lowest BCUT2D eigenvalue weighted by molar-refractivity contribution is 0.231. The predicted molar refractivity (Wildman–Crippen MR) is 68.0 cm³/mol. The van der Waals surface area contributed by atoms with Crippen LogP contribution in [0.3, 0.4) is 0 Å². The highest BCUT2D eigenvalue weighted by Crippen LogP contribution is 2.12. The van der Waals surface area contributed by atoms with Crippen LogP contribution in [0.5, 0.6) is 5.88 Å². The van der Waals surface area contributed by atoms with Crippen LogP contribution in [-0.2, 0) is 6.54 Å². The van der Waals surface area contributed by atoms with Crippen LogP contribution in [0.1, 0.15) is 24.1 Å². The largest absolute Gasteiger partial charge is 0.476 e. The van der Waals surface area contributed by atoms with Crippen molar-refractivity contribution in [1.82, 2.24) is 9.88 Å². The van der Waals surface area contributed by atoms with E-state index in [9.17, 15) is 0 Å². The van der Waals surface area contributed by atoms with Crippen molar-refractivity contribution in [3.8, 4) is 5.88 Å². The fourth-order valence-electron chi connectivity index (χ4n) is 2.18. The smallest absolute Gasteiger partial charge is 0.213 e. The van der Waals surface area contributed by atoms with Gasteiger partial charge < -0.3 is 10.5 Å². The minimum atomic E-state index is 0.534. The maximum atomic E-state index is 5.68. The third-order valence-electron chi connectivity index (χ3n) is 3.08. The Kier molecular flexibility index (Phi) is 4.34. The Balaban J connectivity index is 1.83. The van der Waals surface area contributed by atoms with E-state index in [-0.39, 0.29) is 0 Å². The predicted octanol–water partition coefficient (Wildman–Crippen LogP) is 1.32. The normalized spacial score (nSPS) is 16.4. The molecule has 4 heteroatoms. The first-order chi connectivity index (χ1) is 8.28. The maximum Gasteiger partial charge on any atom is 0.213 e. The van der Waals surface area contributed by atoms with Crippen LogP contribution in [0.15, 0.2) is 12.1 Å². The van der Waals surface area contributed by atoms with Gasteiger partial charge in [0.2, 0.25) is 5.88 Å². The quantitative estimate of drug-likeness (QED) is 0.836. The van der Waals surface area contributed by atoms with Crippen LogP contribution in [0.25, 0.3) is 0 Å². The first-order valence-electron chi connectivity index (χ1n) is 6.31. The van der Waals surface area contributed by atoms with Gasteiger partial charge in [0.15, 0.2) is 0 Å². The lowest BCUT2D eigenvalue weighted by atomic mass is 10.2. The number of hydrogen-bond acceptors (Lipinski definition) is 4. The summed E-state index contributed by atoms with van der Waals surface area (Å²) in [5.74, 6) is 0.699. The fraction of sp³-hybridized carbons (Fsp3) is 0.615. The summed E-state index contributed by atoms with van der Waals surface area (Å²) < 4.78 is 5.68. The molecule has 2 rings (SSSR count). The van der Waals surface area contributed by atoms with Crippen LogP contribution in [0, 0.1) is 6.92 Å². The molecule has 2 heterocycles. The molecule has 0 bridgehead atoms. The summed E-state index contributed by atoms with van der Waals surface area (Å²) in [4.78, 5) is 6.78. The van der Waals surface area contributed by atoms with Crippen LogP contribution in [-0.4, -0.2) is 36.1 Å². The molecule has 1 aromatic heterocycles. The molecule has 94 valence electrons. The number of hydrogen-bond donors (Lipinski definition) is 1. The SMILES string of the molecule is Cc1cc(CN)cc(OCCN2CCCC2)n1. The van der Waals surface area contributed by atoms with Crippen molar-refractivity contribution in [2.24, 2.45) is 5.73 Å². The van der Waals surface area contributed by atoms with Crippen molar-refractivity contribution in [2.75, 3.05) is 26.2 Å². The van der Waals surface area contributed by atoms with Crippen LogP contribution >= 0.6 is 0 Å². The van der Waals surface area contributed by atoms with Crippen molar-refractivity contribution in [3.05, 3.63) is 23.4 Å². The first kappa shape index (κ1) is 12.3. The van der Waals surface area contributed by atoms with E-state index in [0.29, 0.717) is 19.0 Å². The zero-order chi connectivity index (χ0) is 12.1. The topological polar surface area (TPSA) is 51.4 Å². The number of rotatable bonds is 5. The number of likely N-dealkylation sites (tertiary alicyclic amines) is 1. The van der Waals surface area contributed by atoms with Crippen LogP contribution in [0.2, 0.25) is 0 Å². The summed E-state index contributed by atoms with van der Waals surface area (Å²) in [5, 5.41) is 0. The van der Waals surface area contributed by atoms with Gasteiger partial charge in [0, 0.05) is 24.8 Å². The molecule has 0 atom stereocenters. The zero-order valence-electron chi connectivity index (χ0n) is 10.5. The van der Waals surface area contributed by atoms with Crippen molar-refractivity contribution in [3.63, 3.8) is 0 Å². The summed E-state index contributed by atoms with van der Waals surface area (Å²) in [7, 11) is 0. The molecule has 0 unspecified atom stereocenters. The third kappa shape index (κ3) is 3.68. The Labute approximate surface area is 103 Å². The van der Waals surface area contributed by atoms with Gasteiger partial charge in [-0.15, -0.1) is 0 Å². The van der Waals surface area contributed by atoms with Gasteiger partial charge in [-0.2, -0.15) is 0 Å². The summed E-state index contributed by atoms with van der Waals surface area (Å²) in [6.07, 6.45) is 2.64. The lowest BCUT2D eigenvalue weighted by Gasteiger charge is -2.15. The van der Waals surface area contributed by atoms with Crippen LogP contribution < -0.4 is 10.5 Å². The second-order valence-corrected chi connectivity index (χ2v) is 4.56. The van der Waals surface area contributed by atoms with E-state index in [1.807, 2.05) is 19.1 Å². The van der Waals surface area contributed by atoms with Gasteiger partial charge in [-0.1, -0.05) is 0 Å². The van der Waals surface area contributed by atoms with Gasteiger partial charge in [-0.05, 0) is 44.5 Å². The van der Waals surface area contributed by atoms with Crippen molar-refractivity contribution >= 4 is 0 Å². The molecule has 0 saturated carbocycles. The van der Waals surface area contributed by atoms with Crippen molar-refractivity contribution in [2.45, 2.75) is 26.3 Å². The Morgan fingerprint density at radius 1 is 1.35 bits per heavy atom. The monoisotopic (exact) mass is 235 g/mol. The summed E-state index contributed by atoms with van der Waals surface area (Å²) >= 11 is 0. The van der Waals surface area contributed by atoms with Crippen molar-refractivity contribution in [1.29, 1.82) is 0 Å². The maximum absolute atomic E-state index is 5.68. The Bertz CT molecular complexity index is 362. The molecule has 0 amide bonds. The fourth-order valence-corrected chi connectivity index (χ4v) is 2.18.